The quantitative estimate of drug-likeness (QED) is 0.228. The lowest BCUT2D eigenvalue weighted by molar-refractivity contribution is 0.253. The Bertz CT molecular complexity index is 869. The number of unbranched alkanes of at least 4 members (excludes halogenated alkanes) is 1. The van der Waals surface area contributed by atoms with Crippen LogP contribution >= 0.6 is 24.0 Å². The number of benzene rings is 1. The van der Waals surface area contributed by atoms with E-state index in [0.29, 0.717) is 0 Å². The predicted octanol–water partition coefficient (Wildman–Crippen LogP) is 3.23. The first-order chi connectivity index (χ1) is 15.0. The van der Waals surface area contributed by atoms with Crippen LogP contribution in [0.15, 0.2) is 29.3 Å². The van der Waals surface area contributed by atoms with Crippen LogP contribution in [-0.2, 0) is 13.6 Å². The summed E-state index contributed by atoms with van der Waals surface area (Å²) in [6.45, 7) is 13.7. The molecular weight excluding hydrogens is 513 g/mol. The van der Waals surface area contributed by atoms with Gasteiger partial charge in [0.15, 0.2) is 5.96 Å². The van der Waals surface area contributed by atoms with Gasteiger partial charge in [-0.05, 0) is 57.9 Å². The van der Waals surface area contributed by atoms with Crippen molar-refractivity contribution in [3.63, 3.8) is 0 Å². The highest BCUT2D eigenvalue weighted by Crippen LogP contribution is 2.18. The fraction of sp³-hybridized carbons (Fsp3) is 0.583. The number of hydrogen-bond acceptors (Lipinski definition) is 4. The molecule has 2 heterocycles. The van der Waals surface area contributed by atoms with E-state index in [1.165, 1.54) is 35.5 Å². The molecule has 0 saturated carbocycles. The molecule has 3 rings (SSSR count). The molecule has 0 unspecified atom stereocenters. The van der Waals surface area contributed by atoms with Gasteiger partial charge in [-0.2, -0.15) is 5.10 Å². The van der Waals surface area contributed by atoms with Crippen molar-refractivity contribution in [1.29, 1.82) is 0 Å². The van der Waals surface area contributed by atoms with Crippen molar-refractivity contribution < 1.29 is 0 Å². The summed E-state index contributed by atoms with van der Waals surface area (Å²) < 4.78 is 1.93. The first-order valence-electron chi connectivity index (χ1n) is 11.5. The first kappa shape index (κ1) is 26.4. The highest BCUT2D eigenvalue weighted by atomic mass is 127. The van der Waals surface area contributed by atoms with E-state index >= 15 is 0 Å². The predicted molar refractivity (Wildman–Crippen MR) is 145 cm³/mol. The number of aromatic nitrogens is 2. The Morgan fingerprint density at radius 2 is 1.81 bits per heavy atom. The molecule has 1 fully saturated rings. The molecule has 0 atom stereocenters. The number of halogens is 1. The smallest absolute Gasteiger partial charge is 0.191 e. The molecule has 178 valence electrons. The van der Waals surface area contributed by atoms with Crippen molar-refractivity contribution in [2.45, 2.75) is 40.2 Å². The van der Waals surface area contributed by atoms with E-state index in [-0.39, 0.29) is 24.0 Å². The number of piperazine rings is 1. The Morgan fingerprint density at radius 1 is 1.06 bits per heavy atom. The molecule has 7 nitrogen and oxygen atoms in total. The monoisotopic (exact) mass is 553 g/mol. The maximum Gasteiger partial charge on any atom is 0.191 e. The van der Waals surface area contributed by atoms with Gasteiger partial charge in [-0.15, -0.1) is 24.0 Å². The Balaban J connectivity index is 0.00000363. The number of hydrogen-bond donors (Lipinski definition) is 2. The minimum Gasteiger partial charge on any atom is -0.369 e. The topological polar surface area (TPSA) is 60.7 Å². The molecule has 0 aliphatic carbocycles. The fourth-order valence-corrected chi connectivity index (χ4v) is 4.19. The summed E-state index contributed by atoms with van der Waals surface area (Å²) in [7, 11) is 3.81. The van der Waals surface area contributed by atoms with Crippen LogP contribution in [0, 0.1) is 20.8 Å². The minimum atomic E-state index is 0. The highest BCUT2D eigenvalue weighted by Gasteiger charge is 2.16. The molecule has 1 aliphatic rings. The lowest BCUT2D eigenvalue weighted by Gasteiger charge is -2.36. The Labute approximate surface area is 210 Å². The molecule has 0 amide bonds. The Kier molecular flexibility index (Phi) is 10.8. The standard InChI is InChI=1S/C24H39N7.HI/c1-19-9-8-10-22(17-19)31-15-13-30(14-16-31)12-7-6-11-26-24(25-4)27-18-23-20(2)28-29(5)21(23)3;/h8-10,17H,6-7,11-16,18H2,1-5H3,(H2,25,26,27);1H. The number of anilines is 1. The summed E-state index contributed by atoms with van der Waals surface area (Å²) >= 11 is 0. The Hall–Kier alpha value is -1.81. The number of nitrogens with zero attached hydrogens (tertiary/aromatic N) is 5. The molecule has 0 bridgehead atoms. The lowest BCUT2D eigenvalue weighted by atomic mass is 10.2. The van der Waals surface area contributed by atoms with E-state index < -0.39 is 0 Å². The molecule has 2 N–H and O–H groups in total. The number of aliphatic imine (C=N–C) groups is 1. The van der Waals surface area contributed by atoms with E-state index in [1.54, 1.807) is 0 Å². The van der Waals surface area contributed by atoms with Crippen LogP contribution < -0.4 is 15.5 Å². The zero-order valence-electron chi connectivity index (χ0n) is 20.3. The van der Waals surface area contributed by atoms with Gasteiger partial charge in [0, 0.05) is 70.3 Å². The van der Waals surface area contributed by atoms with Gasteiger partial charge >= 0.3 is 0 Å². The number of nitrogens with one attached hydrogen (secondary N) is 2. The Morgan fingerprint density at radius 3 is 2.44 bits per heavy atom. The van der Waals surface area contributed by atoms with Crippen molar-refractivity contribution in [2.75, 3.05) is 51.2 Å². The summed E-state index contributed by atoms with van der Waals surface area (Å²) in [5, 5.41) is 11.3. The van der Waals surface area contributed by atoms with Gasteiger partial charge in [-0.3, -0.25) is 14.6 Å². The molecule has 2 aromatic rings. The molecule has 0 radical (unpaired) electrons. The molecule has 32 heavy (non-hydrogen) atoms. The average molecular weight is 554 g/mol. The van der Waals surface area contributed by atoms with Crippen molar-refractivity contribution in [2.24, 2.45) is 12.0 Å². The van der Waals surface area contributed by atoms with Crippen LogP contribution in [0.25, 0.3) is 0 Å². The number of rotatable bonds is 8. The van der Waals surface area contributed by atoms with Crippen molar-refractivity contribution in [3.05, 3.63) is 46.8 Å². The van der Waals surface area contributed by atoms with Gasteiger partial charge in [-0.1, -0.05) is 12.1 Å². The zero-order chi connectivity index (χ0) is 22.2. The molecule has 1 aliphatic heterocycles. The summed E-state index contributed by atoms with van der Waals surface area (Å²) in [6.07, 6.45) is 2.35. The van der Waals surface area contributed by atoms with Crippen LogP contribution in [0.5, 0.6) is 0 Å². The molecule has 1 saturated heterocycles. The molecule has 1 aromatic carbocycles. The van der Waals surface area contributed by atoms with Crippen LogP contribution in [0.1, 0.15) is 35.4 Å². The van der Waals surface area contributed by atoms with Gasteiger partial charge in [0.05, 0.1) is 5.69 Å². The lowest BCUT2D eigenvalue weighted by Crippen LogP contribution is -2.46. The largest absolute Gasteiger partial charge is 0.369 e. The van der Waals surface area contributed by atoms with E-state index in [1.807, 2.05) is 18.8 Å². The minimum absolute atomic E-state index is 0. The third kappa shape index (κ3) is 7.37. The van der Waals surface area contributed by atoms with E-state index in [4.69, 9.17) is 0 Å². The van der Waals surface area contributed by atoms with Crippen molar-refractivity contribution in [3.8, 4) is 0 Å². The van der Waals surface area contributed by atoms with Crippen LogP contribution in [0.3, 0.4) is 0 Å². The average Bonchev–Trinajstić information content (AvgIpc) is 3.01. The van der Waals surface area contributed by atoms with Gasteiger partial charge in [0.2, 0.25) is 0 Å². The van der Waals surface area contributed by atoms with Crippen LogP contribution in [0.4, 0.5) is 5.69 Å². The third-order valence-corrected chi connectivity index (χ3v) is 6.25. The van der Waals surface area contributed by atoms with E-state index in [9.17, 15) is 0 Å². The van der Waals surface area contributed by atoms with Gasteiger partial charge in [-0.25, -0.2) is 0 Å². The normalized spacial score (nSPS) is 14.9. The molecule has 1 aromatic heterocycles. The fourth-order valence-electron chi connectivity index (χ4n) is 4.19. The SMILES string of the molecule is CN=C(NCCCCN1CCN(c2cccc(C)c2)CC1)NCc1c(C)nn(C)c1C.I. The second kappa shape index (κ2) is 13.0. The molecular formula is C24H40IN7. The number of guanidine groups is 1. The maximum absolute atomic E-state index is 4.48. The van der Waals surface area contributed by atoms with Gasteiger partial charge in [0.25, 0.3) is 0 Å². The summed E-state index contributed by atoms with van der Waals surface area (Å²) in [4.78, 5) is 9.45. The van der Waals surface area contributed by atoms with Gasteiger partial charge < -0.3 is 15.5 Å². The van der Waals surface area contributed by atoms with E-state index in [2.05, 4.69) is 75.6 Å². The van der Waals surface area contributed by atoms with Gasteiger partial charge in [0.1, 0.15) is 0 Å². The summed E-state index contributed by atoms with van der Waals surface area (Å²) in [5.41, 5.74) is 6.21. The summed E-state index contributed by atoms with van der Waals surface area (Å²) in [6, 6.07) is 8.84. The number of aryl methyl sites for hydroxylation is 3. The van der Waals surface area contributed by atoms with Crippen LogP contribution in [0.2, 0.25) is 0 Å². The van der Waals surface area contributed by atoms with Crippen molar-refractivity contribution in [1.82, 2.24) is 25.3 Å². The highest BCUT2D eigenvalue weighted by molar-refractivity contribution is 14.0. The summed E-state index contributed by atoms with van der Waals surface area (Å²) in [5.74, 6) is 0.856. The second-order valence-corrected chi connectivity index (χ2v) is 8.50. The van der Waals surface area contributed by atoms with E-state index in [0.717, 1.165) is 57.3 Å². The van der Waals surface area contributed by atoms with Crippen LogP contribution in [-0.4, -0.2) is 67.0 Å². The molecule has 8 heteroatoms. The first-order valence-corrected chi connectivity index (χ1v) is 11.5. The zero-order valence-corrected chi connectivity index (χ0v) is 22.6. The van der Waals surface area contributed by atoms with Crippen molar-refractivity contribution >= 4 is 35.6 Å². The maximum atomic E-state index is 4.48. The second-order valence-electron chi connectivity index (χ2n) is 8.50. The third-order valence-electron chi connectivity index (χ3n) is 6.25. The molecule has 0 spiro atoms.